The van der Waals surface area contributed by atoms with Crippen LogP contribution in [0.25, 0.3) is 22.3 Å². The summed E-state index contributed by atoms with van der Waals surface area (Å²) in [4.78, 5) is 12.6. The van der Waals surface area contributed by atoms with Crippen LogP contribution in [-0.2, 0) is 9.19 Å². The molecule has 0 radical (unpaired) electrons. The number of rotatable bonds is 4. The zero-order valence-corrected chi connectivity index (χ0v) is 14.1. The van der Waals surface area contributed by atoms with Crippen LogP contribution in [0, 0.1) is 6.92 Å². The first-order chi connectivity index (χ1) is 12.0. The lowest BCUT2D eigenvalue weighted by molar-refractivity contribution is 0.366. The molecule has 2 aromatic carbocycles. The van der Waals surface area contributed by atoms with Crippen molar-refractivity contribution >= 4 is 18.5 Å². The molecular weight excluding hydrogens is 345 g/mol. The highest BCUT2D eigenvalue weighted by molar-refractivity contribution is 7.61. The molecule has 3 aromatic rings. The van der Waals surface area contributed by atoms with Crippen molar-refractivity contribution in [2.45, 2.75) is 6.92 Å². The van der Waals surface area contributed by atoms with Gasteiger partial charge in [-0.25, -0.2) is 4.62 Å². The molecule has 25 heavy (non-hydrogen) atoms. The predicted octanol–water partition coefficient (Wildman–Crippen LogP) is 3.54. The molecule has 2 N–H and O–H groups in total. The quantitative estimate of drug-likeness (QED) is 0.541. The third-order valence-corrected chi connectivity index (χ3v) is 4.93. The molecule has 0 aliphatic carbocycles. The fraction of sp³-hybridized carbons (Fsp3) is 0.118. The topological polar surface area (TPSA) is 111 Å². The molecule has 1 fully saturated rings. The zero-order chi connectivity index (χ0) is 17.6. The van der Waals surface area contributed by atoms with E-state index in [-0.39, 0.29) is 23.1 Å². The maximum atomic E-state index is 12.6. The molecule has 4 rings (SSSR count). The molecule has 1 aliphatic rings. The molecule has 1 aliphatic heterocycles. The number of hydrogen-bond donors (Lipinski definition) is 2. The van der Waals surface area contributed by atoms with Crippen LogP contribution in [0.5, 0.6) is 11.5 Å². The van der Waals surface area contributed by atoms with Gasteiger partial charge in [-0.15, -0.1) is 5.25 Å². The third kappa shape index (κ3) is 2.93. The number of ether oxygens (including phenoxy) is 1. The van der Waals surface area contributed by atoms with Crippen LogP contribution in [-0.4, -0.2) is 11.5 Å². The van der Waals surface area contributed by atoms with Gasteiger partial charge in [-0.3, -0.25) is 9.36 Å². The lowest BCUT2D eigenvalue weighted by Crippen LogP contribution is -2.05. The summed E-state index contributed by atoms with van der Waals surface area (Å²) in [7, 11) is -2.84. The van der Waals surface area contributed by atoms with Gasteiger partial charge in [-0.2, -0.15) is 0 Å². The first-order valence-corrected chi connectivity index (χ1v) is 9.31. The van der Waals surface area contributed by atoms with E-state index in [0.29, 0.717) is 16.9 Å². The average molecular weight is 359 g/mol. The van der Waals surface area contributed by atoms with E-state index in [9.17, 15) is 14.5 Å². The molecule has 7 nitrogen and oxygen atoms in total. The largest absolute Gasteiger partial charge is 0.502 e. The summed E-state index contributed by atoms with van der Waals surface area (Å²) in [5, 5.41) is 12.8. The molecule has 0 saturated carbocycles. The standard InChI is InChI=1S/C17H14NO6P/c1-10-7-12(22-9-25(21)18-24-25)8-13-14(10)15(19)16(20)17(23-13)11-5-3-2-4-6-11/h2-8,20H,9H2,1H3,(H,18,21). The first-order valence-electron chi connectivity index (χ1n) is 7.50. The lowest BCUT2D eigenvalue weighted by atomic mass is 10.1. The molecule has 1 unspecified atom stereocenters. The summed E-state index contributed by atoms with van der Waals surface area (Å²) < 4.78 is 27.5. The highest BCUT2D eigenvalue weighted by Crippen LogP contribution is 2.54. The van der Waals surface area contributed by atoms with Gasteiger partial charge in [0.2, 0.25) is 11.2 Å². The van der Waals surface area contributed by atoms with Crippen LogP contribution in [0.15, 0.2) is 51.7 Å². The number of hydrogen-bond acceptors (Lipinski definition) is 6. The van der Waals surface area contributed by atoms with Gasteiger partial charge in [0, 0.05) is 11.6 Å². The molecule has 2 heterocycles. The van der Waals surface area contributed by atoms with E-state index in [4.69, 9.17) is 9.15 Å². The fourth-order valence-electron chi connectivity index (χ4n) is 2.60. The minimum atomic E-state index is -2.84. The number of nitrogens with one attached hydrogen (secondary N) is 1. The van der Waals surface area contributed by atoms with E-state index in [1.807, 2.05) is 6.07 Å². The van der Waals surface area contributed by atoms with Crippen LogP contribution in [0.3, 0.4) is 0 Å². The van der Waals surface area contributed by atoms with Crippen molar-refractivity contribution in [1.29, 1.82) is 0 Å². The van der Waals surface area contributed by atoms with Crippen LogP contribution < -0.4 is 15.4 Å². The molecule has 1 atom stereocenters. The molecule has 1 aromatic heterocycles. The molecular formula is C17H14NO6P. The second-order valence-electron chi connectivity index (χ2n) is 5.72. The molecule has 0 spiro atoms. The second kappa shape index (κ2) is 5.74. The van der Waals surface area contributed by atoms with Gasteiger partial charge in [0.05, 0.1) is 5.39 Å². The highest BCUT2D eigenvalue weighted by Gasteiger charge is 2.39. The van der Waals surface area contributed by atoms with Crippen molar-refractivity contribution in [2.75, 3.05) is 6.35 Å². The van der Waals surface area contributed by atoms with Gasteiger partial charge in [-0.05, 0) is 18.6 Å². The Labute approximate surface area is 142 Å². The third-order valence-electron chi connectivity index (χ3n) is 3.87. The second-order valence-corrected chi connectivity index (χ2v) is 7.69. The Morgan fingerprint density at radius 1 is 1.24 bits per heavy atom. The summed E-state index contributed by atoms with van der Waals surface area (Å²) in [6.45, 7) is 1.71. The lowest BCUT2D eigenvalue weighted by Gasteiger charge is -2.10. The fourth-order valence-corrected chi connectivity index (χ4v) is 3.39. The van der Waals surface area contributed by atoms with Crippen LogP contribution >= 0.6 is 7.52 Å². The zero-order valence-electron chi connectivity index (χ0n) is 13.2. The van der Waals surface area contributed by atoms with Crippen molar-refractivity contribution in [2.24, 2.45) is 0 Å². The van der Waals surface area contributed by atoms with Crippen LogP contribution in [0.1, 0.15) is 5.56 Å². The molecule has 0 amide bonds. The Hall–Kier alpha value is -2.60. The van der Waals surface area contributed by atoms with Crippen molar-refractivity contribution in [3.8, 4) is 22.8 Å². The number of fused-ring (bicyclic) bond motifs is 1. The van der Waals surface area contributed by atoms with Crippen molar-refractivity contribution in [3.63, 3.8) is 0 Å². The van der Waals surface area contributed by atoms with E-state index in [2.05, 4.69) is 9.88 Å². The minimum absolute atomic E-state index is 0.0923. The van der Waals surface area contributed by atoms with Gasteiger partial charge in [0.1, 0.15) is 11.3 Å². The van der Waals surface area contributed by atoms with Crippen molar-refractivity contribution in [3.05, 3.63) is 58.3 Å². The Morgan fingerprint density at radius 2 is 1.96 bits per heavy atom. The van der Waals surface area contributed by atoms with E-state index in [1.165, 1.54) is 6.07 Å². The van der Waals surface area contributed by atoms with E-state index < -0.39 is 18.7 Å². The van der Waals surface area contributed by atoms with Crippen LogP contribution in [0.2, 0.25) is 0 Å². The summed E-state index contributed by atoms with van der Waals surface area (Å²) in [6, 6.07) is 12.0. The number of aromatic hydroxyl groups is 1. The first kappa shape index (κ1) is 15.9. The Balaban J connectivity index is 1.85. The summed E-state index contributed by atoms with van der Waals surface area (Å²) in [5.41, 5.74) is 0.936. The van der Waals surface area contributed by atoms with Gasteiger partial charge in [-0.1, -0.05) is 30.3 Å². The van der Waals surface area contributed by atoms with E-state index in [1.54, 1.807) is 37.3 Å². The highest BCUT2D eigenvalue weighted by atomic mass is 31.2. The minimum Gasteiger partial charge on any atom is -0.502 e. The summed E-state index contributed by atoms with van der Waals surface area (Å²) in [6.07, 6.45) is -0.119. The summed E-state index contributed by atoms with van der Waals surface area (Å²) >= 11 is 0. The molecule has 0 bridgehead atoms. The van der Waals surface area contributed by atoms with Gasteiger partial charge in [0.25, 0.3) is 0 Å². The number of benzene rings is 2. The van der Waals surface area contributed by atoms with Crippen molar-refractivity contribution in [1.82, 2.24) is 5.25 Å². The number of aryl methyl sites for hydroxylation is 1. The smallest absolute Gasteiger partial charge is 0.345 e. The van der Waals surface area contributed by atoms with Crippen LogP contribution in [0.4, 0.5) is 0 Å². The Morgan fingerprint density at radius 3 is 2.64 bits per heavy atom. The van der Waals surface area contributed by atoms with Gasteiger partial charge >= 0.3 is 7.52 Å². The SMILES string of the molecule is Cc1cc(OCP2(=O)NO2)cc2oc(-c3ccccc3)c(O)c(=O)c12. The molecule has 128 valence electrons. The Bertz CT molecular complexity index is 1070. The molecule has 8 heteroatoms. The maximum absolute atomic E-state index is 12.6. The predicted molar refractivity (Wildman–Crippen MR) is 91.6 cm³/mol. The van der Waals surface area contributed by atoms with Gasteiger partial charge < -0.3 is 14.3 Å². The monoisotopic (exact) mass is 359 g/mol. The van der Waals surface area contributed by atoms with E-state index in [0.717, 1.165) is 0 Å². The average Bonchev–Trinajstić information content (AvgIpc) is 3.34. The van der Waals surface area contributed by atoms with Gasteiger partial charge in [0.15, 0.2) is 12.1 Å². The summed E-state index contributed by atoms with van der Waals surface area (Å²) in [5.74, 6) is 0.0514. The Kier molecular flexibility index (Phi) is 3.65. The van der Waals surface area contributed by atoms with E-state index >= 15 is 0 Å². The maximum Gasteiger partial charge on any atom is 0.345 e. The van der Waals surface area contributed by atoms with Crippen molar-refractivity contribution < 1.29 is 23.5 Å². The normalized spacial score (nSPS) is 19.1. The molecule has 1 saturated heterocycles.